The van der Waals surface area contributed by atoms with Crippen molar-refractivity contribution in [3.05, 3.63) is 91.3 Å². The molecule has 0 N–H and O–H groups in total. The molecule has 2 aromatic heterocycles. The number of aromatic nitrogens is 2. The second-order valence-corrected chi connectivity index (χ2v) is 10.3. The third-order valence-electron chi connectivity index (χ3n) is 5.45. The predicted molar refractivity (Wildman–Crippen MR) is 143 cm³/mol. The molecule has 0 spiro atoms. The van der Waals surface area contributed by atoms with Crippen molar-refractivity contribution >= 4 is 62.3 Å². The third kappa shape index (κ3) is 5.65. The second-order valence-electron chi connectivity index (χ2n) is 8.26. The minimum atomic E-state index is -0.539. The van der Waals surface area contributed by atoms with Crippen LogP contribution in [0.4, 0.5) is 4.39 Å². The van der Waals surface area contributed by atoms with E-state index in [1.807, 2.05) is 37.2 Å². The van der Waals surface area contributed by atoms with Crippen LogP contribution in [0.25, 0.3) is 16.9 Å². The number of carbonyl (C=O) groups is 1. The second kappa shape index (κ2) is 10.8. The predicted octanol–water partition coefficient (Wildman–Crippen LogP) is 7.07. The van der Waals surface area contributed by atoms with Gasteiger partial charge in [0.25, 0.3) is 5.91 Å². The third-order valence-corrected chi connectivity index (χ3v) is 7.10. The summed E-state index contributed by atoms with van der Waals surface area (Å²) in [5, 5.41) is 0.827. The summed E-state index contributed by atoms with van der Waals surface area (Å²) < 4.78 is 16.4. The number of fused-ring (bicyclic) bond motifs is 1. The van der Waals surface area contributed by atoms with Gasteiger partial charge in [0.1, 0.15) is 11.5 Å². The smallest absolute Gasteiger partial charge is 0.275 e. The van der Waals surface area contributed by atoms with Crippen molar-refractivity contribution in [2.45, 2.75) is 6.54 Å². The van der Waals surface area contributed by atoms with Gasteiger partial charge >= 0.3 is 0 Å². The van der Waals surface area contributed by atoms with E-state index in [1.54, 1.807) is 33.6 Å². The fraction of sp³-hybridized carbons (Fsp3) is 0.200. The van der Waals surface area contributed by atoms with Gasteiger partial charge in [-0.2, -0.15) is 0 Å². The zero-order valence-corrected chi connectivity index (χ0v) is 22.8. The molecule has 0 fully saturated rings. The van der Waals surface area contributed by atoms with Crippen LogP contribution in [0, 0.1) is 5.82 Å². The number of pyridine rings is 1. The number of halogens is 5. The molecule has 4 aromatic rings. The Morgan fingerprint density at radius 2 is 1.77 bits per heavy atom. The van der Waals surface area contributed by atoms with E-state index in [0.717, 1.165) is 5.56 Å². The molecule has 0 unspecified atom stereocenters. The Balaban J connectivity index is 1.84. The lowest BCUT2D eigenvalue weighted by molar-refractivity contribution is 0.0727. The van der Waals surface area contributed by atoms with E-state index in [-0.39, 0.29) is 16.6 Å². The number of amides is 1. The van der Waals surface area contributed by atoms with Crippen LogP contribution < -0.4 is 0 Å². The molecule has 182 valence electrons. The van der Waals surface area contributed by atoms with E-state index in [4.69, 9.17) is 34.8 Å². The first-order valence-corrected chi connectivity index (χ1v) is 12.6. The Labute approximate surface area is 226 Å². The standard InChI is InChI=1S/C25H21BrCl3FN4O/c1-32(2)10-11-33(14-15-6-8-17(27)18(28)12-15)25(35)23-24(16-7-9-20(30)19(29)13-16)34-21(26)4-3-5-22(34)31-23/h3-9,12-13H,10-11,14H2,1-2H3. The van der Waals surface area contributed by atoms with Crippen LogP contribution >= 0.6 is 50.7 Å². The number of rotatable bonds is 7. The van der Waals surface area contributed by atoms with Crippen molar-refractivity contribution in [2.75, 3.05) is 27.2 Å². The van der Waals surface area contributed by atoms with E-state index in [2.05, 4.69) is 20.9 Å². The molecule has 0 saturated heterocycles. The minimum absolute atomic E-state index is 0.0387. The SMILES string of the molecule is CN(C)CCN(Cc1ccc(Cl)c(Cl)c1)C(=O)c1nc2cccc(Br)n2c1-c1ccc(F)c(Cl)c1. The van der Waals surface area contributed by atoms with E-state index in [9.17, 15) is 9.18 Å². The summed E-state index contributed by atoms with van der Waals surface area (Å²) in [5.74, 6) is -0.813. The first-order valence-electron chi connectivity index (χ1n) is 10.7. The fourth-order valence-electron chi connectivity index (χ4n) is 3.69. The lowest BCUT2D eigenvalue weighted by atomic mass is 10.1. The maximum absolute atomic E-state index is 14.0. The molecular weight excluding hydrogens is 578 g/mol. The van der Waals surface area contributed by atoms with Gasteiger partial charge < -0.3 is 9.80 Å². The van der Waals surface area contributed by atoms with Crippen LogP contribution in [0.2, 0.25) is 15.1 Å². The van der Waals surface area contributed by atoms with Gasteiger partial charge in [-0.3, -0.25) is 9.20 Å². The summed E-state index contributed by atoms with van der Waals surface area (Å²) in [6.45, 7) is 1.40. The Bertz CT molecular complexity index is 1410. The molecule has 0 saturated carbocycles. The Hall–Kier alpha value is -2.16. The van der Waals surface area contributed by atoms with Crippen molar-refractivity contribution in [2.24, 2.45) is 0 Å². The van der Waals surface area contributed by atoms with Crippen molar-refractivity contribution in [3.63, 3.8) is 0 Å². The van der Waals surface area contributed by atoms with Crippen molar-refractivity contribution in [1.82, 2.24) is 19.2 Å². The molecule has 1 amide bonds. The van der Waals surface area contributed by atoms with Gasteiger partial charge in [0.05, 0.1) is 25.4 Å². The highest BCUT2D eigenvalue weighted by Crippen LogP contribution is 2.32. The minimum Gasteiger partial charge on any atom is -0.332 e. The van der Waals surface area contributed by atoms with Crippen LogP contribution in [-0.2, 0) is 6.54 Å². The van der Waals surface area contributed by atoms with Crippen molar-refractivity contribution in [3.8, 4) is 11.3 Å². The molecule has 4 rings (SSSR count). The summed E-state index contributed by atoms with van der Waals surface area (Å²) in [5.41, 5.74) is 2.73. The topological polar surface area (TPSA) is 40.8 Å². The van der Waals surface area contributed by atoms with E-state index in [1.165, 1.54) is 12.1 Å². The van der Waals surface area contributed by atoms with Crippen molar-refractivity contribution in [1.29, 1.82) is 0 Å². The highest BCUT2D eigenvalue weighted by atomic mass is 79.9. The van der Waals surface area contributed by atoms with Gasteiger partial charge in [0.15, 0.2) is 5.69 Å². The number of hydrogen-bond donors (Lipinski definition) is 0. The van der Waals surface area contributed by atoms with E-state index >= 15 is 0 Å². The summed E-state index contributed by atoms with van der Waals surface area (Å²) in [6, 6.07) is 15.1. The van der Waals surface area contributed by atoms with Gasteiger partial charge in [-0.1, -0.05) is 46.9 Å². The summed E-state index contributed by atoms with van der Waals surface area (Å²) in [6.07, 6.45) is 0. The highest BCUT2D eigenvalue weighted by molar-refractivity contribution is 9.10. The number of imidazole rings is 1. The zero-order chi connectivity index (χ0) is 25.3. The van der Waals surface area contributed by atoms with Gasteiger partial charge in [0.2, 0.25) is 0 Å². The lowest BCUT2D eigenvalue weighted by Gasteiger charge is -2.24. The number of likely N-dealkylation sites (N-methyl/N-ethyl adjacent to an activating group) is 1. The Kier molecular flexibility index (Phi) is 8.03. The largest absolute Gasteiger partial charge is 0.332 e. The number of benzene rings is 2. The zero-order valence-electron chi connectivity index (χ0n) is 18.9. The van der Waals surface area contributed by atoms with Gasteiger partial charge in [-0.05, 0) is 78.1 Å². The van der Waals surface area contributed by atoms with Crippen molar-refractivity contribution < 1.29 is 9.18 Å². The molecule has 0 aliphatic rings. The van der Waals surface area contributed by atoms with Gasteiger partial charge in [-0.15, -0.1) is 0 Å². The molecule has 0 atom stereocenters. The molecule has 2 heterocycles. The fourth-order valence-corrected chi connectivity index (χ4v) is 4.71. The van der Waals surface area contributed by atoms with E-state index < -0.39 is 5.82 Å². The molecule has 0 aliphatic heterocycles. The molecule has 0 aliphatic carbocycles. The number of carbonyl (C=O) groups excluding carboxylic acids is 1. The first kappa shape index (κ1) is 25.9. The summed E-state index contributed by atoms with van der Waals surface area (Å²) in [7, 11) is 3.88. The molecule has 35 heavy (non-hydrogen) atoms. The molecular formula is C25H21BrCl3FN4O. The average Bonchev–Trinajstić information content (AvgIpc) is 3.21. The van der Waals surface area contributed by atoms with Crippen LogP contribution in [0.1, 0.15) is 16.1 Å². The monoisotopic (exact) mass is 596 g/mol. The molecule has 10 heteroatoms. The molecule has 0 bridgehead atoms. The van der Waals surface area contributed by atoms with Crippen LogP contribution in [-0.4, -0.2) is 52.3 Å². The average molecular weight is 599 g/mol. The maximum atomic E-state index is 14.0. The van der Waals surface area contributed by atoms with Gasteiger partial charge in [0, 0.05) is 25.2 Å². The first-order chi connectivity index (χ1) is 16.7. The molecule has 2 aromatic carbocycles. The highest BCUT2D eigenvalue weighted by Gasteiger charge is 2.26. The quantitative estimate of drug-likeness (QED) is 0.214. The Morgan fingerprint density at radius 3 is 2.46 bits per heavy atom. The molecule has 5 nitrogen and oxygen atoms in total. The molecule has 0 radical (unpaired) electrons. The van der Waals surface area contributed by atoms with Crippen LogP contribution in [0.5, 0.6) is 0 Å². The van der Waals surface area contributed by atoms with Crippen LogP contribution in [0.3, 0.4) is 0 Å². The van der Waals surface area contributed by atoms with Crippen LogP contribution in [0.15, 0.2) is 59.2 Å². The number of hydrogen-bond acceptors (Lipinski definition) is 3. The summed E-state index contributed by atoms with van der Waals surface area (Å²) in [4.78, 5) is 22.4. The normalized spacial score (nSPS) is 11.4. The summed E-state index contributed by atoms with van der Waals surface area (Å²) >= 11 is 21.9. The maximum Gasteiger partial charge on any atom is 0.275 e. The number of nitrogens with zero attached hydrogens (tertiary/aromatic N) is 4. The van der Waals surface area contributed by atoms with E-state index in [0.29, 0.717) is 51.2 Å². The lowest BCUT2D eigenvalue weighted by Crippen LogP contribution is -2.36. The van der Waals surface area contributed by atoms with Gasteiger partial charge in [-0.25, -0.2) is 9.37 Å². The Morgan fingerprint density at radius 1 is 1.00 bits per heavy atom.